The van der Waals surface area contributed by atoms with Crippen molar-refractivity contribution < 1.29 is 9.59 Å². The first-order valence-electron chi connectivity index (χ1n) is 8.72. The zero-order valence-electron chi connectivity index (χ0n) is 15.0. The molecule has 1 saturated heterocycles. The fourth-order valence-corrected chi connectivity index (χ4v) is 3.15. The van der Waals surface area contributed by atoms with Crippen LogP contribution in [0, 0.1) is 11.8 Å². The van der Waals surface area contributed by atoms with Gasteiger partial charge in [-0.15, -0.1) is 0 Å². The van der Waals surface area contributed by atoms with E-state index < -0.39 is 0 Å². The lowest BCUT2D eigenvalue weighted by Crippen LogP contribution is -2.46. The molecule has 138 valence electrons. The zero-order valence-corrected chi connectivity index (χ0v) is 16.6. The SMILES string of the molecule is CC(C)C(C)NC(=O)C1CCN(C(=O)Cn2cc(Br)ccc2=O)CC1. The summed E-state index contributed by atoms with van der Waals surface area (Å²) < 4.78 is 2.16. The summed E-state index contributed by atoms with van der Waals surface area (Å²) in [4.78, 5) is 38.3. The van der Waals surface area contributed by atoms with Crippen molar-refractivity contribution in [1.82, 2.24) is 14.8 Å². The molecule has 1 unspecified atom stereocenters. The van der Waals surface area contributed by atoms with Crippen LogP contribution in [-0.4, -0.2) is 40.4 Å². The van der Waals surface area contributed by atoms with Crippen LogP contribution in [-0.2, 0) is 16.1 Å². The van der Waals surface area contributed by atoms with Gasteiger partial charge in [0, 0.05) is 41.8 Å². The van der Waals surface area contributed by atoms with Gasteiger partial charge in [-0.25, -0.2) is 0 Å². The summed E-state index contributed by atoms with van der Waals surface area (Å²) >= 11 is 3.31. The molecule has 0 saturated carbocycles. The Balaban J connectivity index is 1.87. The van der Waals surface area contributed by atoms with Gasteiger partial charge in [-0.1, -0.05) is 13.8 Å². The van der Waals surface area contributed by atoms with E-state index in [2.05, 4.69) is 35.1 Å². The first-order valence-corrected chi connectivity index (χ1v) is 9.51. The van der Waals surface area contributed by atoms with Crippen LogP contribution in [0.1, 0.15) is 33.6 Å². The third kappa shape index (κ3) is 5.42. The van der Waals surface area contributed by atoms with Gasteiger partial charge in [0.15, 0.2) is 0 Å². The van der Waals surface area contributed by atoms with Gasteiger partial charge >= 0.3 is 0 Å². The number of halogens is 1. The second-order valence-electron chi connectivity index (χ2n) is 7.01. The number of hydrogen-bond donors (Lipinski definition) is 1. The second-order valence-corrected chi connectivity index (χ2v) is 7.93. The quantitative estimate of drug-likeness (QED) is 0.805. The number of hydrogen-bond acceptors (Lipinski definition) is 3. The first-order chi connectivity index (χ1) is 11.8. The summed E-state index contributed by atoms with van der Waals surface area (Å²) in [5, 5.41) is 3.05. The molecule has 1 aromatic rings. The molecule has 6 nitrogen and oxygen atoms in total. The van der Waals surface area contributed by atoms with Gasteiger partial charge in [-0.2, -0.15) is 0 Å². The number of piperidine rings is 1. The average Bonchev–Trinajstić information content (AvgIpc) is 2.58. The van der Waals surface area contributed by atoms with Crippen LogP contribution >= 0.6 is 15.9 Å². The van der Waals surface area contributed by atoms with E-state index in [-0.39, 0.29) is 35.9 Å². The van der Waals surface area contributed by atoms with Crippen LogP contribution in [0.25, 0.3) is 0 Å². The third-order valence-corrected chi connectivity index (χ3v) is 5.31. The monoisotopic (exact) mass is 411 g/mol. The standard InChI is InChI=1S/C18H26BrN3O3/c1-12(2)13(3)20-18(25)14-6-8-21(9-7-14)17(24)11-22-10-15(19)4-5-16(22)23/h4-5,10,12-14H,6-9,11H2,1-3H3,(H,20,25). The summed E-state index contributed by atoms with van der Waals surface area (Å²) in [7, 11) is 0. The first kappa shape index (κ1) is 19.7. The Kier molecular flexibility index (Phi) is 6.81. The molecule has 2 heterocycles. The van der Waals surface area contributed by atoms with Crippen LogP contribution in [0.3, 0.4) is 0 Å². The maximum atomic E-state index is 12.4. The van der Waals surface area contributed by atoms with Crippen molar-refractivity contribution in [2.75, 3.05) is 13.1 Å². The van der Waals surface area contributed by atoms with Gasteiger partial charge < -0.3 is 14.8 Å². The van der Waals surface area contributed by atoms with E-state index in [4.69, 9.17) is 0 Å². The Morgan fingerprint density at radius 3 is 2.48 bits per heavy atom. The molecule has 1 atom stereocenters. The minimum atomic E-state index is -0.200. The summed E-state index contributed by atoms with van der Waals surface area (Å²) in [6.45, 7) is 7.30. The minimum absolute atomic E-state index is 0.0273. The normalized spacial score (nSPS) is 16.8. The number of carbonyl (C=O) groups excluding carboxylic acids is 2. The summed E-state index contributed by atoms with van der Waals surface area (Å²) in [5.41, 5.74) is -0.200. The van der Waals surface area contributed by atoms with Gasteiger partial charge in [-0.3, -0.25) is 14.4 Å². The van der Waals surface area contributed by atoms with Crippen LogP contribution in [0.5, 0.6) is 0 Å². The molecule has 1 fully saturated rings. The summed E-state index contributed by atoms with van der Waals surface area (Å²) in [6.07, 6.45) is 2.94. The van der Waals surface area contributed by atoms with Gasteiger partial charge in [0.25, 0.3) is 5.56 Å². The largest absolute Gasteiger partial charge is 0.353 e. The van der Waals surface area contributed by atoms with Crippen molar-refractivity contribution >= 4 is 27.7 Å². The fraction of sp³-hybridized carbons (Fsp3) is 0.611. The number of amides is 2. The molecule has 0 aromatic carbocycles. The number of carbonyl (C=O) groups is 2. The average molecular weight is 412 g/mol. The highest BCUT2D eigenvalue weighted by molar-refractivity contribution is 9.10. The summed E-state index contributed by atoms with van der Waals surface area (Å²) in [5.74, 6) is 0.346. The molecular formula is C18H26BrN3O3. The molecule has 1 aliphatic heterocycles. The second kappa shape index (κ2) is 8.65. The molecule has 2 amide bonds. The molecule has 0 radical (unpaired) electrons. The lowest BCUT2D eigenvalue weighted by Gasteiger charge is -2.32. The number of nitrogens with zero attached hydrogens (tertiary/aromatic N) is 2. The highest BCUT2D eigenvalue weighted by Gasteiger charge is 2.28. The maximum Gasteiger partial charge on any atom is 0.251 e. The number of aromatic nitrogens is 1. The molecule has 25 heavy (non-hydrogen) atoms. The Labute approximate surface area is 156 Å². The number of nitrogens with one attached hydrogen (secondary N) is 1. The molecule has 0 aliphatic carbocycles. The topological polar surface area (TPSA) is 71.4 Å². The zero-order chi connectivity index (χ0) is 18.6. The smallest absolute Gasteiger partial charge is 0.251 e. The third-order valence-electron chi connectivity index (χ3n) is 4.84. The van der Waals surface area contributed by atoms with Crippen LogP contribution < -0.4 is 10.9 Å². The van der Waals surface area contributed by atoms with Crippen LogP contribution in [0.4, 0.5) is 0 Å². The molecule has 2 rings (SSSR count). The number of likely N-dealkylation sites (tertiary alicyclic amines) is 1. The number of rotatable bonds is 5. The van der Waals surface area contributed by atoms with Crippen molar-refractivity contribution in [2.45, 2.75) is 46.2 Å². The Hall–Kier alpha value is -1.63. The van der Waals surface area contributed by atoms with Crippen LogP contribution in [0.2, 0.25) is 0 Å². The van der Waals surface area contributed by atoms with Gasteiger partial charge in [0.05, 0.1) is 0 Å². The van der Waals surface area contributed by atoms with E-state index in [0.29, 0.717) is 31.8 Å². The van der Waals surface area contributed by atoms with Gasteiger partial charge in [0.1, 0.15) is 6.54 Å². The van der Waals surface area contributed by atoms with E-state index in [0.717, 1.165) is 4.47 Å². The van der Waals surface area contributed by atoms with Crippen molar-refractivity contribution in [3.05, 3.63) is 33.2 Å². The van der Waals surface area contributed by atoms with Crippen LogP contribution in [0.15, 0.2) is 27.6 Å². The summed E-state index contributed by atoms with van der Waals surface area (Å²) in [6, 6.07) is 3.24. The molecule has 7 heteroatoms. The van der Waals surface area contributed by atoms with E-state index in [1.54, 1.807) is 17.2 Å². The maximum absolute atomic E-state index is 12.4. The van der Waals surface area contributed by atoms with Crippen molar-refractivity contribution in [2.24, 2.45) is 11.8 Å². The predicted molar refractivity (Wildman–Crippen MR) is 100 cm³/mol. The van der Waals surface area contributed by atoms with Crippen molar-refractivity contribution in [1.29, 1.82) is 0 Å². The highest BCUT2D eigenvalue weighted by Crippen LogP contribution is 2.18. The molecule has 1 N–H and O–H groups in total. The van der Waals surface area contributed by atoms with Gasteiger partial charge in [-0.05, 0) is 47.7 Å². The molecule has 1 aliphatic rings. The molecule has 1 aromatic heterocycles. The Morgan fingerprint density at radius 1 is 1.24 bits per heavy atom. The fourth-order valence-electron chi connectivity index (χ4n) is 2.77. The number of pyridine rings is 1. The molecular weight excluding hydrogens is 386 g/mol. The van der Waals surface area contributed by atoms with E-state index in [9.17, 15) is 14.4 Å². The van der Waals surface area contributed by atoms with E-state index in [1.165, 1.54) is 10.6 Å². The van der Waals surface area contributed by atoms with E-state index in [1.807, 2.05) is 6.92 Å². The minimum Gasteiger partial charge on any atom is -0.353 e. The Bertz CT molecular complexity index is 678. The van der Waals surface area contributed by atoms with E-state index >= 15 is 0 Å². The van der Waals surface area contributed by atoms with Gasteiger partial charge in [0.2, 0.25) is 11.8 Å². The predicted octanol–water partition coefficient (Wildman–Crippen LogP) is 2.01. The van der Waals surface area contributed by atoms with Crippen molar-refractivity contribution in [3.63, 3.8) is 0 Å². The van der Waals surface area contributed by atoms with Crippen molar-refractivity contribution in [3.8, 4) is 0 Å². The molecule has 0 bridgehead atoms. The lowest BCUT2D eigenvalue weighted by molar-refractivity contribution is -0.136. The highest BCUT2D eigenvalue weighted by atomic mass is 79.9. The lowest BCUT2D eigenvalue weighted by atomic mass is 9.94. The molecule has 0 spiro atoms. The Morgan fingerprint density at radius 2 is 1.88 bits per heavy atom.